The predicted molar refractivity (Wildman–Crippen MR) is 105 cm³/mol. The summed E-state index contributed by atoms with van der Waals surface area (Å²) in [6, 6.07) is 11.2. The minimum Gasteiger partial charge on any atom is -0.368 e. The molecule has 2 rings (SSSR count). The molecular weight excluding hydrogens is 381 g/mol. The van der Waals surface area contributed by atoms with Crippen molar-refractivity contribution in [2.45, 2.75) is 51.2 Å². The van der Waals surface area contributed by atoms with Crippen molar-refractivity contribution in [3.05, 3.63) is 70.8 Å². The molecule has 7 heteroatoms. The van der Waals surface area contributed by atoms with Gasteiger partial charge in [0, 0.05) is 6.42 Å². The Balaban J connectivity index is 2.05. The van der Waals surface area contributed by atoms with Gasteiger partial charge >= 0.3 is 6.18 Å². The van der Waals surface area contributed by atoms with E-state index in [9.17, 15) is 22.8 Å². The van der Waals surface area contributed by atoms with Gasteiger partial charge < -0.3 is 11.1 Å². The highest BCUT2D eigenvalue weighted by molar-refractivity contribution is 5.87. The molecule has 3 N–H and O–H groups in total. The van der Waals surface area contributed by atoms with Gasteiger partial charge in [0.05, 0.1) is 12.0 Å². The molecular formula is C22H25F3N2O2. The number of hydrogen-bond donors (Lipinski definition) is 2. The molecule has 0 fully saturated rings. The number of carbonyl (C=O) groups is 2. The van der Waals surface area contributed by atoms with Crippen molar-refractivity contribution in [1.29, 1.82) is 0 Å². The van der Waals surface area contributed by atoms with Crippen LogP contribution in [0.25, 0.3) is 0 Å². The Morgan fingerprint density at radius 3 is 2.10 bits per heavy atom. The summed E-state index contributed by atoms with van der Waals surface area (Å²) in [4.78, 5) is 24.0. The molecule has 2 aromatic carbocycles. The number of nitrogens with one attached hydrogen (secondary N) is 1. The molecule has 0 aliphatic heterocycles. The molecule has 0 saturated heterocycles. The van der Waals surface area contributed by atoms with Crippen LogP contribution in [0.3, 0.4) is 0 Å². The number of primary amides is 1. The minimum atomic E-state index is -4.48. The molecule has 29 heavy (non-hydrogen) atoms. The van der Waals surface area contributed by atoms with Crippen molar-refractivity contribution in [2.24, 2.45) is 5.73 Å². The zero-order chi connectivity index (χ0) is 21.8. The van der Waals surface area contributed by atoms with Gasteiger partial charge in [0.1, 0.15) is 6.04 Å². The number of nitrogens with two attached hydrogens (primary N) is 1. The van der Waals surface area contributed by atoms with E-state index in [4.69, 9.17) is 5.73 Å². The molecule has 0 bridgehead atoms. The zero-order valence-electron chi connectivity index (χ0n) is 16.6. The van der Waals surface area contributed by atoms with Crippen LogP contribution in [-0.2, 0) is 34.0 Å². The summed E-state index contributed by atoms with van der Waals surface area (Å²) >= 11 is 0. The molecule has 0 aliphatic rings. The standard InChI is InChI=1S/C22H25F3N2O2/c1-21(2,3)16-9-7-14(8-10-16)12-18(20(26)29)27-19(28)13-15-5-4-6-17(11-15)22(23,24)25/h4-11,18H,12-13H2,1-3H3,(H2,26,29)(H,27,28)/t18-/m1/s1. The zero-order valence-corrected chi connectivity index (χ0v) is 16.6. The molecule has 0 aromatic heterocycles. The van der Waals surface area contributed by atoms with Crippen molar-refractivity contribution in [3.8, 4) is 0 Å². The topological polar surface area (TPSA) is 72.2 Å². The van der Waals surface area contributed by atoms with E-state index in [-0.39, 0.29) is 23.8 Å². The summed E-state index contributed by atoms with van der Waals surface area (Å²) in [5.74, 6) is -1.28. The van der Waals surface area contributed by atoms with Gasteiger partial charge in [0.2, 0.25) is 11.8 Å². The number of alkyl halides is 3. The first-order chi connectivity index (χ1) is 13.4. The van der Waals surface area contributed by atoms with Crippen LogP contribution in [0, 0.1) is 0 Å². The molecule has 2 aromatic rings. The van der Waals surface area contributed by atoms with Gasteiger partial charge in [0.15, 0.2) is 0 Å². The Morgan fingerprint density at radius 2 is 1.59 bits per heavy atom. The molecule has 0 radical (unpaired) electrons. The number of amides is 2. The van der Waals surface area contributed by atoms with Crippen LogP contribution in [0.2, 0.25) is 0 Å². The third kappa shape index (κ3) is 6.62. The summed E-state index contributed by atoms with van der Waals surface area (Å²) in [6.45, 7) is 6.26. The lowest BCUT2D eigenvalue weighted by molar-refractivity contribution is -0.137. The molecule has 0 saturated carbocycles. The first-order valence-electron chi connectivity index (χ1n) is 9.20. The van der Waals surface area contributed by atoms with Crippen molar-refractivity contribution in [1.82, 2.24) is 5.32 Å². The molecule has 0 aliphatic carbocycles. The number of carbonyl (C=O) groups excluding carboxylic acids is 2. The summed E-state index contributed by atoms with van der Waals surface area (Å²) in [5, 5.41) is 2.52. The fourth-order valence-electron chi connectivity index (χ4n) is 2.89. The highest BCUT2D eigenvalue weighted by atomic mass is 19.4. The Bertz CT molecular complexity index is 869. The maximum absolute atomic E-state index is 12.8. The largest absolute Gasteiger partial charge is 0.416 e. The normalized spacial score (nSPS) is 13.0. The second-order valence-electron chi connectivity index (χ2n) is 8.05. The lowest BCUT2D eigenvalue weighted by atomic mass is 9.86. The van der Waals surface area contributed by atoms with Crippen LogP contribution in [0.4, 0.5) is 13.2 Å². The van der Waals surface area contributed by atoms with E-state index in [1.807, 2.05) is 24.3 Å². The third-order valence-corrected chi connectivity index (χ3v) is 4.56. The fraction of sp³-hybridized carbons (Fsp3) is 0.364. The van der Waals surface area contributed by atoms with E-state index in [0.29, 0.717) is 0 Å². The van der Waals surface area contributed by atoms with Gasteiger partial charge in [-0.05, 0) is 28.2 Å². The summed E-state index contributed by atoms with van der Waals surface area (Å²) < 4.78 is 38.4. The van der Waals surface area contributed by atoms with E-state index in [1.165, 1.54) is 12.1 Å². The van der Waals surface area contributed by atoms with Crippen molar-refractivity contribution >= 4 is 11.8 Å². The maximum Gasteiger partial charge on any atom is 0.416 e. The lowest BCUT2D eigenvalue weighted by Crippen LogP contribution is -2.46. The second kappa shape index (κ2) is 8.68. The van der Waals surface area contributed by atoms with Gasteiger partial charge in [-0.25, -0.2) is 0 Å². The summed E-state index contributed by atoms with van der Waals surface area (Å²) in [6.07, 6.45) is -4.56. The number of halogens is 3. The van der Waals surface area contributed by atoms with Crippen LogP contribution in [0.1, 0.15) is 43.0 Å². The SMILES string of the molecule is CC(C)(C)c1ccc(C[C@@H](NC(=O)Cc2cccc(C(F)(F)F)c2)C(N)=O)cc1. The van der Waals surface area contributed by atoms with Gasteiger partial charge in [-0.1, -0.05) is 63.2 Å². The van der Waals surface area contributed by atoms with Gasteiger partial charge in [-0.15, -0.1) is 0 Å². The maximum atomic E-state index is 12.8. The quantitative estimate of drug-likeness (QED) is 0.767. The fourth-order valence-corrected chi connectivity index (χ4v) is 2.89. The number of hydrogen-bond acceptors (Lipinski definition) is 2. The second-order valence-corrected chi connectivity index (χ2v) is 8.05. The van der Waals surface area contributed by atoms with Crippen molar-refractivity contribution < 1.29 is 22.8 Å². The first kappa shape index (κ1) is 22.5. The average Bonchev–Trinajstić information content (AvgIpc) is 2.60. The first-order valence-corrected chi connectivity index (χ1v) is 9.20. The Kier molecular flexibility index (Phi) is 6.72. The summed E-state index contributed by atoms with van der Waals surface area (Å²) in [7, 11) is 0. The molecule has 1 atom stereocenters. The van der Waals surface area contributed by atoms with Crippen LogP contribution >= 0.6 is 0 Å². The predicted octanol–water partition coefficient (Wildman–Crippen LogP) is 3.76. The van der Waals surface area contributed by atoms with E-state index in [1.54, 1.807) is 0 Å². The average molecular weight is 406 g/mol. The molecule has 2 amide bonds. The van der Waals surface area contributed by atoms with E-state index >= 15 is 0 Å². The van der Waals surface area contributed by atoms with Crippen LogP contribution in [0.15, 0.2) is 48.5 Å². The smallest absolute Gasteiger partial charge is 0.368 e. The van der Waals surface area contributed by atoms with Gasteiger partial charge in [0.25, 0.3) is 0 Å². The Labute approximate surface area is 168 Å². The van der Waals surface area contributed by atoms with E-state index in [0.717, 1.165) is 23.3 Å². The highest BCUT2D eigenvalue weighted by Crippen LogP contribution is 2.29. The molecule has 0 spiro atoms. The monoisotopic (exact) mass is 406 g/mol. The molecule has 156 valence electrons. The molecule has 0 heterocycles. The molecule has 0 unspecified atom stereocenters. The van der Waals surface area contributed by atoms with Crippen LogP contribution < -0.4 is 11.1 Å². The number of rotatable bonds is 6. The Morgan fingerprint density at radius 1 is 0.966 bits per heavy atom. The van der Waals surface area contributed by atoms with Gasteiger partial charge in [-0.2, -0.15) is 13.2 Å². The van der Waals surface area contributed by atoms with Gasteiger partial charge in [-0.3, -0.25) is 9.59 Å². The minimum absolute atomic E-state index is 0.0131. The summed E-state index contributed by atoms with van der Waals surface area (Å²) in [5.41, 5.74) is 6.72. The van der Waals surface area contributed by atoms with Crippen molar-refractivity contribution in [3.63, 3.8) is 0 Å². The Hall–Kier alpha value is -2.83. The van der Waals surface area contributed by atoms with E-state index < -0.39 is 29.6 Å². The third-order valence-electron chi connectivity index (χ3n) is 4.56. The highest BCUT2D eigenvalue weighted by Gasteiger charge is 2.30. The van der Waals surface area contributed by atoms with Crippen molar-refractivity contribution in [2.75, 3.05) is 0 Å². The molecule has 4 nitrogen and oxygen atoms in total. The number of benzene rings is 2. The van der Waals surface area contributed by atoms with Crippen LogP contribution in [-0.4, -0.2) is 17.9 Å². The van der Waals surface area contributed by atoms with Crippen LogP contribution in [0.5, 0.6) is 0 Å². The lowest BCUT2D eigenvalue weighted by Gasteiger charge is -2.20. The van der Waals surface area contributed by atoms with E-state index in [2.05, 4.69) is 26.1 Å².